The zero-order valence-corrected chi connectivity index (χ0v) is 12.1. The van der Waals surface area contributed by atoms with Crippen LogP contribution in [-0.4, -0.2) is 22.0 Å². The summed E-state index contributed by atoms with van der Waals surface area (Å²) in [6.07, 6.45) is 0.901. The maximum absolute atomic E-state index is 11.7. The van der Waals surface area contributed by atoms with Crippen LogP contribution in [0, 0.1) is 5.92 Å². The number of aromatic nitrogens is 2. The fourth-order valence-corrected chi connectivity index (χ4v) is 3.03. The van der Waals surface area contributed by atoms with Crippen LogP contribution in [0.15, 0.2) is 5.38 Å². The van der Waals surface area contributed by atoms with Gasteiger partial charge in [0.15, 0.2) is 10.7 Å². The molecule has 4 nitrogen and oxygen atoms in total. The molecule has 2 heterocycles. The number of hydrogen-bond donors (Lipinski definition) is 0. The number of rotatable bonds is 4. The van der Waals surface area contributed by atoms with E-state index in [1.54, 1.807) is 6.92 Å². The van der Waals surface area contributed by atoms with E-state index in [0.717, 1.165) is 17.1 Å². The Bertz CT molecular complexity index is 574. The summed E-state index contributed by atoms with van der Waals surface area (Å²) >= 11 is 7.71. The molecule has 2 aromatic rings. The minimum Gasteiger partial charge on any atom is -0.461 e. The lowest BCUT2D eigenvalue weighted by atomic mass is 10.1. The normalized spacial score (nSPS) is 11.4. The van der Waals surface area contributed by atoms with Crippen LogP contribution >= 0.6 is 22.9 Å². The lowest BCUT2D eigenvalue weighted by Gasteiger charge is -2.04. The molecule has 0 saturated carbocycles. The van der Waals surface area contributed by atoms with Crippen LogP contribution in [0.5, 0.6) is 0 Å². The Kier molecular flexibility index (Phi) is 3.92. The van der Waals surface area contributed by atoms with E-state index in [2.05, 4.69) is 18.8 Å². The highest BCUT2D eigenvalue weighted by molar-refractivity contribution is 7.15. The van der Waals surface area contributed by atoms with Gasteiger partial charge in [0.1, 0.15) is 5.15 Å². The number of carbonyl (C=O) groups is 1. The largest absolute Gasteiger partial charge is 0.461 e. The predicted molar refractivity (Wildman–Crippen MR) is 72.6 cm³/mol. The number of thiazole rings is 1. The van der Waals surface area contributed by atoms with Gasteiger partial charge in [-0.2, -0.15) is 0 Å². The van der Waals surface area contributed by atoms with Crippen molar-refractivity contribution in [2.45, 2.75) is 27.2 Å². The minimum absolute atomic E-state index is 0.204. The molecule has 2 aromatic heterocycles. The molecule has 0 spiro atoms. The molecule has 0 amide bonds. The Morgan fingerprint density at radius 2 is 2.33 bits per heavy atom. The van der Waals surface area contributed by atoms with Gasteiger partial charge in [0.05, 0.1) is 6.61 Å². The maximum atomic E-state index is 11.7. The zero-order chi connectivity index (χ0) is 13.3. The number of carbonyl (C=O) groups excluding carboxylic acids is 1. The molecule has 0 fully saturated rings. The SMILES string of the molecule is CCOC(=O)c1nc2scc(CC(C)C)n2c1Cl. The van der Waals surface area contributed by atoms with Crippen molar-refractivity contribution in [3.8, 4) is 0 Å². The third-order valence-corrected chi connectivity index (χ3v) is 3.69. The number of nitrogens with zero attached hydrogens (tertiary/aromatic N) is 2. The molecule has 0 N–H and O–H groups in total. The molecule has 0 radical (unpaired) electrons. The van der Waals surface area contributed by atoms with Crippen molar-refractivity contribution in [2.24, 2.45) is 5.92 Å². The highest BCUT2D eigenvalue weighted by Gasteiger charge is 2.21. The van der Waals surface area contributed by atoms with E-state index in [1.807, 2.05) is 9.78 Å². The Hall–Kier alpha value is -1.07. The van der Waals surface area contributed by atoms with Gasteiger partial charge in [-0.25, -0.2) is 9.78 Å². The Balaban J connectivity index is 2.44. The highest BCUT2D eigenvalue weighted by atomic mass is 35.5. The lowest BCUT2D eigenvalue weighted by molar-refractivity contribution is 0.0520. The first-order valence-electron chi connectivity index (χ1n) is 5.86. The van der Waals surface area contributed by atoms with E-state index in [9.17, 15) is 4.79 Å². The number of halogens is 1. The lowest BCUT2D eigenvalue weighted by Crippen LogP contribution is -2.06. The standard InChI is InChI=1S/C12H15ClN2O2S/c1-4-17-11(16)9-10(13)15-8(5-7(2)3)6-18-12(15)14-9/h6-7H,4-5H2,1-3H3. The molecule has 0 bridgehead atoms. The van der Waals surface area contributed by atoms with Crippen molar-refractivity contribution in [1.29, 1.82) is 0 Å². The van der Waals surface area contributed by atoms with Gasteiger partial charge in [-0.05, 0) is 19.3 Å². The van der Waals surface area contributed by atoms with Gasteiger partial charge < -0.3 is 4.74 Å². The molecule has 0 unspecified atom stereocenters. The summed E-state index contributed by atoms with van der Waals surface area (Å²) in [4.78, 5) is 16.7. The van der Waals surface area contributed by atoms with Crippen molar-refractivity contribution < 1.29 is 9.53 Å². The number of esters is 1. The summed E-state index contributed by atoms with van der Waals surface area (Å²) in [5, 5.41) is 2.38. The second-order valence-corrected chi connectivity index (χ2v) is 5.61. The third kappa shape index (κ3) is 2.37. The second kappa shape index (κ2) is 5.28. The topological polar surface area (TPSA) is 43.6 Å². The van der Waals surface area contributed by atoms with Crippen LogP contribution in [0.4, 0.5) is 0 Å². The summed E-state index contributed by atoms with van der Waals surface area (Å²) in [7, 11) is 0. The molecular formula is C12H15ClN2O2S. The monoisotopic (exact) mass is 286 g/mol. The summed E-state index contributed by atoms with van der Waals surface area (Å²) < 4.78 is 6.77. The minimum atomic E-state index is -0.464. The maximum Gasteiger partial charge on any atom is 0.360 e. The van der Waals surface area contributed by atoms with Crippen LogP contribution in [-0.2, 0) is 11.2 Å². The molecule has 0 atom stereocenters. The van der Waals surface area contributed by atoms with Crippen molar-refractivity contribution in [2.75, 3.05) is 6.61 Å². The molecule has 0 aromatic carbocycles. The van der Waals surface area contributed by atoms with Crippen molar-refractivity contribution in [1.82, 2.24) is 9.38 Å². The zero-order valence-electron chi connectivity index (χ0n) is 10.6. The average Bonchev–Trinajstić information content (AvgIpc) is 2.81. The summed E-state index contributed by atoms with van der Waals surface area (Å²) in [6, 6.07) is 0. The third-order valence-electron chi connectivity index (χ3n) is 2.46. The Morgan fingerprint density at radius 1 is 1.61 bits per heavy atom. The summed E-state index contributed by atoms with van der Waals surface area (Å²) in [6.45, 7) is 6.36. The first-order valence-corrected chi connectivity index (χ1v) is 7.11. The molecule has 6 heteroatoms. The van der Waals surface area contributed by atoms with Crippen molar-refractivity contribution in [3.05, 3.63) is 21.9 Å². The van der Waals surface area contributed by atoms with Gasteiger partial charge in [-0.3, -0.25) is 4.40 Å². The number of ether oxygens (including phenoxy) is 1. The van der Waals surface area contributed by atoms with E-state index in [1.165, 1.54) is 11.3 Å². The van der Waals surface area contributed by atoms with Crippen LogP contribution < -0.4 is 0 Å². The van der Waals surface area contributed by atoms with Crippen LogP contribution in [0.2, 0.25) is 5.15 Å². The average molecular weight is 287 g/mol. The van der Waals surface area contributed by atoms with Gasteiger partial charge in [0.2, 0.25) is 0 Å². The van der Waals surface area contributed by atoms with E-state index < -0.39 is 5.97 Å². The second-order valence-electron chi connectivity index (χ2n) is 4.41. The van der Waals surface area contributed by atoms with Gasteiger partial charge in [-0.1, -0.05) is 25.4 Å². The molecule has 18 heavy (non-hydrogen) atoms. The van der Waals surface area contributed by atoms with E-state index >= 15 is 0 Å². The molecule has 0 aliphatic carbocycles. The van der Waals surface area contributed by atoms with Gasteiger partial charge >= 0.3 is 5.97 Å². The molecular weight excluding hydrogens is 272 g/mol. The van der Waals surface area contributed by atoms with Gasteiger partial charge in [-0.15, -0.1) is 11.3 Å². The van der Waals surface area contributed by atoms with E-state index in [-0.39, 0.29) is 5.69 Å². The van der Waals surface area contributed by atoms with Crippen LogP contribution in [0.1, 0.15) is 37.0 Å². The van der Waals surface area contributed by atoms with Crippen molar-refractivity contribution >= 4 is 33.9 Å². The number of hydrogen-bond acceptors (Lipinski definition) is 4. The Morgan fingerprint density at radius 3 is 2.94 bits per heavy atom. The summed E-state index contributed by atoms with van der Waals surface area (Å²) in [5.41, 5.74) is 1.29. The molecule has 0 saturated heterocycles. The number of fused-ring (bicyclic) bond motifs is 1. The predicted octanol–water partition coefficient (Wildman–Crippen LogP) is 3.42. The van der Waals surface area contributed by atoms with Gasteiger partial charge in [0.25, 0.3) is 0 Å². The van der Waals surface area contributed by atoms with Crippen LogP contribution in [0.25, 0.3) is 4.96 Å². The molecule has 98 valence electrons. The van der Waals surface area contributed by atoms with Crippen molar-refractivity contribution in [3.63, 3.8) is 0 Å². The number of imidazole rings is 1. The van der Waals surface area contributed by atoms with Gasteiger partial charge in [0, 0.05) is 11.1 Å². The molecule has 0 aliphatic rings. The smallest absolute Gasteiger partial charge is 0.360 e. The fraction of sp³-hybridized carbons (Fsp3) is 0.500. The van der Waals surface area contributed by atoms with E-state index in [4.69, 9.17) is 16.3 Å². The summed E-state index contributed by atoms with van der Waals surface area (Å²) in [5.74, 6) is 0.0567. The molecule has 2 rings (SSSR count). The first kappa shape index (κ1) is 13.4. The Labute approximate surface area is 115 Å². The quantitative estimate of drug-likeness (QED) is 0.809. The fourth-order valence-electron chi connectivity index (χ4n) is 1.77. The van der Waals surface area contributed by atoms with E-state index in [0.29, 0.717) is 17.7 Å². The first-order chi connectivity index (χ1) is 8.54. The molecule has 0 aliphatic heterocycles. The highest BCUT2D eigenvalue weighted by Crippen LogP contribution is 2.26. The van der Waals surface area contributed by atoms with Crippen LogP contribution in [0.3, 0.4) is 0 Å².